The molecule has 0 amide bonds. The molecular formula is C15H23NO2. The minimum Gasteiger partial charge on any atom is -0.497 e. The van der Waals surface area contributed by atoms with Gasteiger partial charge in [0.25, 0.3) is 0 Å². The van der Waals surface area contributed by atoms with Crippen molar-refractivity contribution in [2.24, 2.45) is 0 Å². The van der Waals surface area contributed by atoms with Crippen LogP contribution >= 0.6 is 0 Å². The van der Waals surface area contributed by atoms with Crippen LogP contribution in [0.15, 0.2) is 18.2 Å². The van der Waals surface area contributed by atoms with Crippen molar-refractivity contribution >= 4 is 0 Å². The SMILES string of the molecule is COc1ccc(CCCN2CCOCC2)c(C)c1. The third-order valence-corrected chi connectivity index (χ3v) is 3.57. The fourth-order valence-corrected chi connectivity index (χ4v) is 2.39. The Morgan fingerprint density at radius 3 is 2.72 bits per heavy atom. The van der Waals surface area contributed by atoms with Gasteiger partial charge in [0, 0.05) is 13.1 Å². The van der Waals surface area contributed by atoms with Crippen molar-refractivity contribution < 1.29 is 9.47 Å². The molecule has 0 bridgehead atoms. The summed E-state index contributed by atoms with van der Waals surface area (Å²) in [5.41, 5.74) is 2.76. The molecule has 0 aromatic heterocycles. The first-order valence-corrected chi connectivity index (χ1v) is 6.73. The Morgan fingerprint density at radius 2 is 2.06 bits per heavy atom. The summed E-state index contributed by atoms with van der Waals surface area (Å²) < 4.78 is 10.6. The highest BCUT2D eigenvalue weighted by atomic mass is 16.5. The highest BCUT2D eigenvalue weighted by molar-refractivity contribution is 5.34. The normalized spacial score (nSPS) is 16.8. The molecule has 1 aliphatic heterocycles. The maximum absolute atomic E-state index is 5.35. The molecule has 0 atom stereocenters. The Bertz CT molecular complexity index is 373. The van der Waals surface area contributed by atoms with Crippen LogP contribution in [0.2, 0.25) is 0 Å². The molecule has 1 saturated heterocycles. The lowest BCUT2D eigenvalue weighted by molar-refractivity contribution is 0.0374. The summed E-state index contributed by atoms with van der Waals surface area (Å²) >= 11 is 0. The van der Waals surface area contributed by atoms with E-state index < -0.39 is 0 Å². The van der Waals surface area contributed by atoms with E-state index in [1.165, 1.54) is 24.1 Å². The Labute approximate surface area is 110 Å². The zero-order valence-corrected chi connectivity index (χ0v) is 11.4. The topological polar surface area (TPSA) is 21.7 Å². The monoisotopic (exact) mass is 249 g/mol. The van der Waals surface area contributed by atoms with Crippen molar-refractivity contribution in [1.82, 2.24) is 4.90 Å². The number of nitrogens with zero attached hydrogens (tertiary/aromatic N) is 1. The number of rotatable bonds is 5. The van der Waals surface area contributed by atoms with Gasteiger partial charge in [-0.3, -0.25) is 4.90 Å². The molecule has 100 valence electrons. The molecule has 0 N–H and O–H groups in total. The van der Waals surface area contributed by atoms with E-state index in [4.69, 9.17) is 9.47 Å². The summed E-state index contributed by atoms with van der Waals surface area (Å²) in [6, 6.07) is 6.36. The first-order chi connectivity index (χ1) is 8.79. The van der Waals surface area contributed by atoms with Gasteiger partial charge in [0.2, 0.25) is 0 Å². The molecule has 2 rings (SSSR count). The van der Waals surface area contributed by atoms with E-state index in [2.05, 4.69) is 30.0 Å². The quantitative estimate of drug-likeness (QED) is 0.799. The summed E-state index contributed by atoms with van der Waals surface area (Å²) in [5, 5.41) is 0. The molecular weight excluding hydrogens is 226 g/mol. The third-order valence-electron chi connectivity index (χ3n) is 3.57. The lowest BCUT2D eigenvalue weighted by Gasteiger charge is -2.26. The molecule has 3 heteroatoms. The zero-order valence-electron chi connectivity index (χ0n) is 11.4. The third kappa shape index (κ3) is 3.72. The minimum atomic E-state index is 0.890. The fourth-order valence-electron chi connectivity index (χ4n) is 2.39. The van der Waals surface area contributed by atoms with E-state index in [-0.39, 0.29) is 0 Å². The van der Waals surface area contributed by atoms with E-state index >= 15 is 0 Å². The molecule has 1 aromatic carbocycles. The van der Waals surface area contributed by atoms with Gasteiger partial charge in [0.1, 0.15) is 5.75 Å². The van der Waals surface area contributed by atoms with E-state index in [1.54, 1.807) is 7.11 Å². The highest BCUT2D eigenvalue weighted by Gasteiger charge is 2.09. The van der Waals surface area contributed by atoms with Crippen LogP contribution in [-0.4, -0.2) is 44.9 Å². The van der Waals surface area contributed by atoms with Crippen molar-refractivity contribution in [3.63, 3.8) is 0 Å². The van der Waals surface area contributed by atoms with Crippen molar-refractivity contribution in [3.8, 4) is 5.75 Å². The van der Waals surface area contributed by atoms with Crippen LogP contribution in [0.5, 0.6) is 5.75 Å². The van der Waals surface area contributed by atoms with Gasteiger partial charge in [-0.2, -0.15) is 0 Å². The Kier molecular flexibility index (Phi) is 5.02. The average molecular weight is 249 g/mol. The van der Waals surface area contributed by atoms with Gasteiger partial charge >= 0.3 is 0 Å². The van der Waals surface area contributed by atoms with Crippen molar-refractivity contribution in [2.75, 3.05) is 40.0 Å². The number of benzene rings is 1. The molecule has 0 aliphatic carbocycles. The fraction of sp³-hybridized carbons (Fsp3) is 0.600. The molecule has 1 heterocycles. The van der Waals surface area contributed by atoms with Crippen LogP contribution in [0.3, 0.4) is 0 Å². The van der Waals surface area contributed by atoms with Gasteiger partial charge in [0.15, 0.2) is 0 Å². The van der Waals surface area contributed by atoms with E-state index in [0.717, 1.165) is 38.5 Å². The van der Waals surface area contributed by atoms with Crippen LogP contribution in [-0.2, 0) is 11.2 Å². The van der Waals surface area contributed by atoms with Gasteiger partial charge in [-0.25, -0.2) is 0 Å². The maximum Gasteiger partial charge on any atom is 0.119 e. The predicted octanol–water partition coefficient (Wildman–Crippen LogP) is 2.27. The van der Waals surface area contributed by atoms with Crippen molar-refractivity contribution in [1.29, 1.82) is 0 Å². The summed E-state index contributed by atoms with van der Waals surface area (Å²) in [4.78, 5) is 2.49. The standard InChI is InChI=1S/C15H23NO2/c1-13-12-15(17-2)6-5-14(13)4-3-7-16-8-10-18-11-9-16/h5-6,12H,3-4,7-11H2,1-2H3. The Morgan fingerprint density at radius 1 is 1.28 bits per heavy atom. The summed E-state index contributed by atoms with van der Waals surface area (Å²) in [5.74, 6) is 0.949. The highest BCUT2D eigenvalue weighted by Crippen LogP contribution is 2.18. The second kappa shape index (κ2) is 6.76. The summed E-state index contributed by atoms with van der Waals surface area (Å²) in [7, 11) is 1.72. The van der Waals surface area contributed by atoms with Gasteiger partial charge < -0.3 is 9.47 Å². The Hall–Kier alpha value is -1.06. The summed E-state index contributed by atoms with van der Waals surface area (Å²) in [6.45, 7) is 7.29. The zero-order chi connectivity index (χ0) is 12.8. The molecule has 18 heavy (non-hydrogen) atoms. The van der Waals surface area contributed by atoms with Crippen LogP contribution in [0.4, 0.5) is 0 Å². The second-order valence-corrected chi connectivity index (χ2v) is 4.85. The lowest BCUT2D eigenvalue weighted by atomic mass is 10.0. The first-order valence-electron chi connectivity index (χ1n) is 6.73. The minimum absolute atomic E-state index is 0.890. The number of aryl methyl sites for hydroxylation is 2. The second-order valence-electron chi connectivity index (χ2n) is 4.85. The molecule has 1 fully saturated rings. The Balaban J connectivity index is 1.79. The molecule has 0 spiro atoms. The van der Waals surface area contributed by atoms with Gasteiger partial charge in [-0.15, -0.1) is 0 Å². The molecule has 0 radical (unpaired) electrons. The van der Waals surface area contributed by atoms with Crippen molar-refractivity contribution in [3.05, 3.63) is 29.3 Å². The van der Waals surface area contributed by atoms with Crippen LogP contribution < -0.4 is 4.74 Å². The largest absolute Gasteiger partial charge is 0.497 e. The molecule has 1 aromatic rings. The van der Waals surface area contributed by atoms with E-state index in [0.29, 0.717) is 0 Å². The number of methoxy groups -OCH3 is 1. The predicted molar refractivity (Wildman–Crippen MR) is 73.3 cm³/mol. The van der Waals surface area contributed by atoms with Crippen LogP contribution in [0.25, 0.3) is 0 Å². The van der Waals surface area contributed by atoms with E-state index in [9.17, 15) is 0 Å². The summed E-state index contributed by atoms with van der Waals surface area (Å²) in [6.07, 6.45) is 2.36. The maximum atomic E-state index is 5.35. The van der Waals surface area contributed by atoms with Crippen LogP contribution in [0.1, 0.15) is 17.5 Å². The number of ether oxygens (including phenoxy) is 2. The van der Waals surface area contributed by atoms with Gasteiger partial charge in [-0.1, -0.05) is 6.07 Å². The molecule has 3 nitrogen and oxygen atoms in total. The molecule has 0 saturated carbocycles. The number of hydrogen-bond donors (Lipinski definition) is 0. The smallest absolute Gasteiger partial charge is 0.119 e. The average Bonchev–Trinajstić information content (AvgIpc) is 2.42. The van der Waals surface area contributed by atoms with Gasteiger partial charge in [0.05, 0.1) is 20.3 Å². The number of morpholine rings is 1. The van der Waals surface area contributed by atoms with Crippen molar-refractivity contribution in [2.45, 2.75) is 19.8 Å². The molecule has 0 unspecified atom stereocenters. The van der Waals surface area contributed by atoms with Crippen LogP contribution in [0, 0.1) is 6.92 Å². The van der Waals surface area contributed by atoms with Gasteiger partial charge in [-0.05, 0) is 49.6 Å². The molecule has 1 aliphatic rings. The lowest BCUT2D eigenvalue weighted by Crippen LogP contribution is -2.36. The number of hydrogen-bond acceptors (Lipinski definition) is 3. The first kappa shape index (κ1) is 13.4. The van der Waals surface area contributed by atoms with E-state index in [1.807, 2.05) is 0 Å².